The third-order valence-electron chi connectivity index (χ3n) is 2.98. The van der Waals surface area contributed by atoms with Gasteiger partial charge in [-0.2, -0.15) is 0 Å². The van der Waals surface area contributed by atoms with Crippen LogP contribution in [0.2, 0.25) is 0 Å². The van der Waals surface area contributed by atoms with Crippen molar-refractivity contribution in [1.82, 2.24) is 9.55 Å². The van der Waals surface area contributed by atoms with E-state index < -0.39 is 23.1 Å². The van der Waals surface area contributed by atoms with Gasteiger partial charge in [-0.3, -0.25) is 0 Å². The van der Waals surface area contributed by atoms with Crippen molar-refractivity contribution in [2.75, 3.05) is 19.0 Å². The van der Waals surface area contributed by atoms with Gasteiger partial charge in [0, 0.05) is 25.4 Å². The largest absolute Gasteiger partial charge is 0.383 e. The first-order valence-corrected chi connectivity index (χ1v) is 6.38. The Morgan fingerprint density at radius 2 is 1.90 bits per heavy atom. The van der Waals surface area contributed by atoms with E-state index in [1.54, 1.807) is 24.8 Å². The summed E-state index contributed by atoms with van der Waals surface area (Å²) >= 11 is 0. The van der Waals surface area contributed by atoms with E-state index in [9.17, 15) is 13.2 Å². The SMILES string of the molecule is COCC(C)n1cc(C)nc1Nc1c(F)cc(F)cc1F. The number of rotatable bonds is 5. The molecule has 0 radical (unpaired) electrons. The van der Waals surface area contributed by atoms with Crippen molar-refractivity contribution in [1.29, 1.82) is 0 Å². The Bertz CT molecular complexity index is 619. The van der Waals surface area contributed by atoms with Gasteiger partial charge < -0.3 is 14.6 Å². The molecular weight excluding hydrogens is 283 g/mol. The van der Waals surface area contributed by atoms with Crippen molar-refractivity contribution in [2.24, 2.45) is 0 Å². The second-order valence-corrected chi connectivity index (χ2v) is 4.79. The van der Waals surface area contributed by atoms with Gasteiger partial charge >= 0.3 is 0 Å². The lowest BCUT2D eigenvalue weighted by molar-refractivity contribution is 0.163. The van der Waals surface area contributed by atoms with Crippen LogP contribution in [0.5, 0.6) is 0 Å². The topological polar surface area (TPSA) is 39.1 Å². The van der Waals surface area contributed by atoms with E-state index >= 15 is 0 Å². The quantitative estimate of drug-likeness (QED) is 0.917. The zero-order chi connectivity index (χ0) is 15.6. The molecule has 1 aromatic carbocycles. The number of benzene rings is 1. The van der Waals surface area contributed by atoms with Crippen LogP contribution in [-0.2, 0) is 4.74 Å². The fraction of sp³-hybridized carbons (Fsp3) is 0.357. The number of hydrogen-bond acceptors (Lipinski definition) is 3. The summed E-state index contributed by atoms with van der Waals surface area (Å²) in [5, 5.41) is 2.58. The standard InChI is InChI=1S/C14H16F3N3O/c1-8-6-20(9(2)7-21-3)14(18-8)19-13-11(16)4-10(15)5-12(13)17/h4-6,9H,7H2,1-3H3,(H,18,19). The highest BCUT2D eigenvalue weighted by molar-refractivity contribution is 5.56. The summed E-state index contributed by atoms with van der Waals surface area (Å²) in [6.07, 6.45) is 1.74. The third kappa shape index (κ3) is 3.36. The van der Waals surface area contributed by atoms with E-state index in [-0.39, 0.29) is 12.0 Å². The minimum Gasteiger partial charge on any atom is -0.383 e. The van der Waals surface area contributed by atoms with Crippen LogP contribution in [0.4, 0.5) is 24.8 Å². The normalized spacial score (nSPS) is 12.5. The highest BCUT2D eigenvalue weighted by Crippen LogP contribution is 2.25. The van der Waals surface area contributed by atoms with Gasteiger partial charge in [-0.05, 0) is 13.8 Å². The van der Waals surface area contributed by atoms with Gasteiger partial charge in [0.1, 0.15) is 11.5 Å². The van der Waals surface area contributed by atoms with Gasteiger partial charge in [0.2, 0.25) is 5.95 Å². The highest BCUT2D eigenvalue weighted by atomic mass is 19.1. The van der Waals surface area contributed by atoms with Gasteiger partial charge in [-0.1, -0.05) is 0 Å². The van der Waals surface area contributed by atoms with Crippen molar-refractivity contribution >= 4 is 11.6 Å². The van der Waals surface area contributed by atoms with Crippen molar-refractivity contribution < 1.29 is 17.9 Å². The number of nitrogens with one attached hydrogen (secondary N) is 1. The second kappa shape index (κ2) is 6.17. The van der Waals surface area contributed by atoms with Crippen molar-refractivity contribution in [2.45, 2.75) is 19.9 Å². The Labute approximate surface area is 120 Å². The average Bonchev–Trinajstić information content (AvgIpc) is 2.75. The zero-order valence-electron chi connectivity index (χ0n) is 12.0. The molecule has 1 N–H and O–H groups in total. The molecule has 0 aliphatic carbocycles. The summed E-state index contributed by atoms with van der Waals surface area (Å²) in [6, 6.07) is 1.15. The molecule has 1 heterocycles. The number of hydrogen-bond donors (Lipinski definition) is 1. The predicted octanol–water partition coefficient (Wildman–Crippen LogP) is 3.56. The molecule has 4 nitrogen and oxygen atoms in total. The predicted molar refractivity (Wildman–Crippen MR) is 73.1 cm³/mol. The summed E-state index contributed by atoms with van der Waals surface area (Å²) < 4.78 is 47.0. The van der Waals surface area contributed by atoms with Gasteiger partial charge in [0.15, 0.2) is 11.6 Å². The average molecular weight is 299 g/mol. The van der Waals surface area contributed by atoms with Crippen LogP contribution in [0, 0.1) is 24.4 Å². The van der Waals surface area contributed by atoms with Crippen LogP contribution in [-0.4, -0.2) is 23.3 Å². The molecule has 114 valence electrons. The maximum absolute atomic E-state index is 13.7. The number of halogens is 3. The Balaban J connectivity index is 2.36. The number of imidazole rings is 1. The van der Waals surface area contributed by atoms with Crippen molar-refractivity contribution in [3.63, 3.8) is 0 Å². The summed E-state index contributed by atoms with van der Waals surface area (Å²) in [5.41, 5.74) is 0.247. The van der Waals surface area contributed by atoms with Gasteiger partial charge in [0.25, 0.3) is 0 Å². The number of methoxy groups -OCH3 is 1. The number of ether oxygens (including phenoxy) is 1. The molecule has 0 saturated heterocycles. The summed E-state index contributed by atoms with van der Waals surface area (Å²) in [7, 11) is 1.56. The lowest BCUT2D eigenvalue weighted by Gasteiger charge is -2.16. The van der Waals surface area contributed by atoms with E-state index in [4.69, 9.17) is 4.74 Å². The second-order valence-electron chi connectivity index (χ2n) is 4.79. The monoisotopic (exact) mass is 299 g/mol. The molecule has 0 saturated carbocycles. The molecule has 0 aliphatic rings. The maximum Gasteiger partial charge on any atom is 0.208 e. The molecule has 0 amide bonds. The molecular formula is C14H16F3N3O. The van der Waals surface area contributed by atoms with Crippen molar-refractivity contribution in [3.05, 3.63) is 41.5 Å². The Kier molecular flexibility index (Phi) is 4.52. The van der Waals surface area contributed by atoms with Gasteiger partial charge in [-0.15, -0.1) is 0 Å². The zero-order valence-corrected chi connectivity index (χ0v) is 12.0. The lowest BCUT2D eigenvalue weighted by Crippen LogP contribution is -2.13. The van der Waals surface area contributed by atoms with E-state index in [1.807, 2.05) is 6.92 Å². The van der Waals surface area contributed by atoms with E-state index in [0.29, 0.717) is 24.4 Å². The fourth-order valence-electron chi connectivity index (χ4n) is 2.04. The summed E-state index contributed by atoms with van der Waals surface area (Å²) in [6.45, 7) is 4.06. The van der Waals surface area contributed by atoms with Crippen LogP contribution < -0.4 is 5.32 Å². The molecule has 1 atom stereocenters. The summed E-state index contributed by atoms with van der Waals surface area (Å²) in [4.78, 5) is 4.18. The van der Waals surface area contributed by atoms with Crippen LogP contribution in [0.15, 0.2) is 18.3 Å². The fourth-order valence-corrected chi connectivity index (χ4v) is 2.04. The molecule has 2 aromatic rings. The van der Waals surface area contributed by atoms with Crippen LogP contribution in [0.25, 0.3) is 0 Å². The van der Waals surface area contributed by atoms with E-state index in [1.165, 1.54) is 0 Å². The third-order valence-corrected chi connectivity index (χ3v) is 2.98. The Morgan fingerprint density at radius 1 is 1.29 bits per heavy atom. The van der Waals surface area contributed by atoms with Crippen molar-refractivity contribution in [3.8, 4) is 0 Å². The van der Waals surface area contributed by atoms with E-state index in [0.717, 1.165) is 0 Å². The van der Waals surface area contributed by atoms with Gasteiger partial charge in [0.05, 0.1) is 18.3 Å². The number of nitrogens with zero attached hydrogens (tertiary/aromatic N) is 2. The smallest absolute Gasteiger partial charge is 0.208 e. The highest BCUT2D eigenvalue weighted by Gasteiger charge is 2.17. The molecule has 1 unspecified atom stereocenters. The first-order valence-electron chi connectivity index (χ1n) is 6.38. The lowest BCUT2D eigenvalue weighted by atomic mass is 10.3. The summed E-state index contributed by atoms with van der Waals surface area (Å²) in [5.74, 6) is -2.73. The first-order chi connectivity index (χ1) is 9.92. The number of aryl methyl sites for hydroxylation is 1. The Morgan fingerprint density at radius 3 is 2.48 bits per heavy atom. The molecule has 7 heteroatoms. The van der Waals surface area contributed by atoms with Crippen LogP contribution >= 0.6 is 0 Å². The van der Waals surface area contributed by atoms with Crippen LogP contribution in [0.1, 0.15) is 18.7 Å². The number of anilines is 2. The molecule has 0 fully saturated rings. The van der Waals surface area contributed by atoms with Crippen LogP contribution in [0.3, 0.4) is 0 Å². The molecule has 2 rings (SSSR count). The molecule has 1 aromatic heterocycles. The first kappa shape index (κ1) is 15.4. The molecule has 0 aliphatic heterocycles. The molecule has 21 heavy (non-hydrogen) atoms. The maximum atomic E-state index is 13.7. The molecule has 0 spiro atoms. The minimum atomic E-state index is -1.01. The van der Waals surface area contributed by atoms with Gasteiger partial charge in [-0.25, -0.2) is 18.2 Å². The number of aromatic nitrogens is 2. The van der Waals surface area contributed by atoms with E-state index in [2.05, 4.69) is 10.3 Å². The molecule has 0 bridgehead atoms. The minimum absolute atomic E-state index is 0.0785. The Hall–Kier alpha value is -2.02.